The third kappa shape index (κ3) is 3.91. The van der Waals surface area contributed by atoms with Crippen LogP contribution in [0.2, 0.25) is 0 Å². The van der Waals surface area contributed by atoms with Gasteiger partial charge >= 0.3 is 5.97 Å². The van der Waals surface area contributed by atoms with E-state index >= 15 is 0 Å². The SMILES string of the molecule is CS(=O)(=O)c1ccc(C(=O)OCC(=O)c2cc3ccccc3o2)cc1[N+](=O)[O-]. The van der Waals surface area contributed by atoms with Gasteiger partial charge < -0.3 is 9.15 Å². The van der Waals surface area contributed by atoms with Crippen LogP contribution >= 0.6 is 0 Å². The molecule has 0 atom stereocenters. The normalized spacial score (nSPS) is 11.3. The van der Waals surface area contributed by atoms with Crippen molar-refractivity contribution < 1.29 is 32.1 Å². The molecular formula is C18H13NO8S. The number of Topliss-reactive ketones (excluding diaryl/α,β-unsaturated/α-hetero) is 1. The third-order valence-electron chi connectivity index (χ3n) is 3.83. The Labute approximate surface area is 158 Å². The average Bonchev–Trinajstić information content (AvgIpc) is 3.08. The number of ether oxygens (including phenoxy) is 1. The molecule has 0 amide bonds. The van der Waals surface area contributed by atoms with Crippen LogP contribution < -0.4 is 0 Å². The van der Waals surface area contributed by atoms with Crippen molar-refractivity contribution in [2.45, 2.75) is 4.90 Å². The highest BCUT2D eigenvalue weighted by Crippen LogP contribution is 2.25. The molecule has 10 heteroatoms. The van der Waals surface area contributed by atoms with Gasteiger partial charge in [0.1, 0.15) is 10.5 Å². The fourth-order valence-corrected chi connectivity index (χ4v) is 3.33. The Bertz CT molecular complexity index is 1180. The van der Waals surface area contributed by atoms with Crippen LogP contribution in [0.15, 0.2) is 57.8 Å². The maximum Gasteiger partial charge on any atom is 0.338 e. The summed E-state index contributed by atoms with van der Waals surface area (Å²) in [6.45, 7) is -0.639. The number of hydrogen-bond donors (Lipinski definition) is 0. The van der Waals surface area contributed by atoms with Crippen molar-refractivity contribution in [3.63, 3.8) is 0 Å². The Balaban J connectivity index is 1.76. The van der Waals surface area contributed by atoms with Crippen molar-refractivity contribution in [2.75, 3.05) is 12.9 Å². The van der Waals surface area contributed by atoms with Crippen molar-refractivity contribution in [1.82, 2.24) is 0 Å². The first-order valence-corrected chi connectivity index (χ1v) is 9.73. The highest BCUT2D eigenvalue weighted by Gasteiger charge is 2.25. The number of benzene rings is 2. The van der Waals surface area contributed by atoms with E-state index in [0.29, 0.717) is 11.0 Å². The summed E-state index contributed by atoms with van der Waals surface area (Å²) in [4.78, 5) is 33.9. The number of esters is 1. The number of sulfone groups is 1. The molecule has 0 aliphatic rings. The van der Waals surface area contributed by atoms with Gasteiger partial charge in [0.05, 0.1) is 10.5 Å². The first kappa shape index (κ1) is 19.2. The standard InChI is InChI=1S/C18H13NO8S/c1-28(24,25)17-7-6-12(8-13(17)19(22)23)18(21)26-10-14(20)16-9-11-4-2-3-5-15(11)27-16/h2-9H,10H2,1H3. The lowest BCUT2D eigenvalue weighted by molar-refractivity contribution is -0.387. The second kappa shape index (κ2) is 7.24. The van der Waals surface area contributed by atoms with E-state index in [2.05, 4.69) is 0 Å². The largest absolute Gasteiger partial charge is 0.454 e. The second-order valence-corrected chi connectivity index (χ2v) is 7.84. The van der Waals surface area contributed by atoms with E-state index in [1.54, 1.807) is 24.3 Å². The number of rotatable bonds is 6. The zero-order chi connectivity index (χ0) is 20.5. The second-order valence-electron chi connectivity index (χ2n) is 5.86. The van der Waals surface area contributed by atoms with Crippen LogP contribution in [-0.2, 0) is 14.6 Å². The number of hydrogen-bond acceptors (Lipinski definition) is 8. The van der Waals surface area contributed by atoms with Crippen molar-refractivity contribution in [1.29, 1.82) is 0 Å². The lowest BCUT2D eigenvalue weighted by Gasteiger charge is -2.05. The van der Waals surface area contributed by atoms with Crippen molar-refractivity contribution >= 4 is 38.2 Å². The highest BCUT2D eigenvalue weighted by molar-refractivity contribution is 7.90. The number of carbonyl (C=O) groups is 2. The van der Waals surface area contributed by atoms with Gasteiger partial charge in [-0.1, -0.05) is 18.2 Å². The van der Waals surface area contributed by atoms with Gasteiger partial charge in [-0.25, -0.2) is 13.2 Å². The minimum absolute atomic E-state index is 0.00686. The first-order chi connectivity index (χ1) is 13.2. The molecule has 0 radical (unpaired) electrons. The van der Waals surface area contributed by atoms with Gasteiger partial charge in [0.2, 0.25) is 5.78 Å². The van der Waals surface area contributed by atoms with Crippen LogP contribution in [0.5, 0.6) is 0 Å². The molecule has 0 spiro atoms. The summed E-state index contributed by atoms with van der Waals surface area (Å²) in [5, 5.41) is 11.8. The van der Waals surface area contributed by atoms with Crippen LogP contribution in [0.4, 0.5) is 5.69 Å². The smallest absolute Gasteiger partial charge is 0.338 e. The molecule has 0 N–H and O–H groups in total. The van der Waals surface area contributed by atoms with Gasteiger partial charge in [0.15, 0.2) is 22.2 Å². The summed E-state index contributed by atoms with van der Waals surface area (Å²) in [6, 6.07) is 11.3. The number of fused-ring (bicyclic) bond motifs is 1. The Kier molecular flexibility index (Phi) is 4.97. The van der Waals surface area contributed by atoms with Crippen LogP contribution in [0, 0.1) is 10.1 Å². The zero-order valence-corrected chi connectivity index (χ0v) is 15.3. The first-order valence-electron chi connectivity index (χ1n) is 7.84. The maximum atomic E-state index is 12.2. The summed E-state index contributed by atoms with van der Waals surface area (Å²) < 4.78 is 33.5. The fourth-order valence-electron chi connectivity index (χ4n) is 2.51. The van der Waals surface area contributed by atoms with Crippen molar-refractivity contribution in [3.8, 4) is 0 Å². The van der Waals surface area contributed by atoms with E-state index in [1.165, 1.54) is 6.07 Å². The van der Waals surface area contributed by atoms with Crippen LogP contribution in [0.25, 0.3) is 11.0 Å². The molecule has 0 unspecified atom stereocenters. The van der Waals surface area contributed by atoms with E-state index < -0.39 is 43.7 Å². The molecule has 144 valence electrons. The molecule has 3 rings (SSSR count). The van der Waals surface area contributed by atoms with Crippen LogP contribution in [0.3, 0.4) is 0 Å². The van der Waals surface area contributed by atoms with Gasteiger partial charge in [0, 0.05) is 17.7 Å². The zero-order valence-electron chi connectivity index (χ0n) is 14.4. The lowest BCUT2D eigenvalue weighted by atomic mass is 10.2. The quantitative estimate of drug-likeness (QED) is 0.265. The van der Waals surface area contributed by atoms with E-state index in [0.717, 1.165) is 24.5 Å². The van der Waals surface area contributed by atoms with E-state index in [4.69, 9.17) is 9.15 Å². The van der Waals surface area contributed by atoms with Gasteiger partial charge in [-0.3, -0.25) is 14.9 Å². The van der Waals surface area contributed by atoms with Gasteiger partial charge in [0.25, 0.3) is 5.69 Å². The Morgan fingerprint density at radius 3 is 2.50 bits per heavy atom. The number of carbonyl (C=O) groups excluding carboxylic acids is 2. The van der Waals surface area contributed by atoms with Gasteiger partial charge in [-0.2, -0.15) is 0 Å². The average molecular weight is 403 g/mol. The van der Waals surface area contributed by atoms with Crippen molar-refractivity contribution in [3.05, 3.63) is 70.0 Å². The minimum Gasteiger partial charge on any atom is -0.454 e. The number of nitro groups is 1. The van der Waals surface area contributed by atoms with E-state index in [1.807, 2.05) is 0 Å². The molecule has 2 aromatic carbocycles. The summed E-state index contributed by atoms with van der Waals surface area (Å²) in [5.41, 5.74) is -0.499. The van der Waals surface area contributed by atoms with E-state index in [-0.39, 0.29) is 11.3 Å². The Morgan fingerprint density at radius 1 is 1.14 bits per heavy atom. The number of nitrogens with zero attached hydrogens (tertiary/aromatic N) is 1. The molecule has 0 aliphatic carbocycles. The number of para-hydroxylation sites is 1. The molecule has 0 saturated carbocycles. The predicted octanol–water partition coefficient (Wildman–Crippen LogP) is 2.78. The summed E-state index contributed by atoms with van der Waals surface area (Å²) in [7, 11) is -3.86. The predicted molar refractivity (Wildman–Crippen MR) is 97.0 cm³/mol. The molecule has 9 nitrogen and oxygen atoms in total. The summed E-state index contributed by atoms with van der Waals surface area (Å²) in [6.07, 6.45) is 0.819. The molecule has 0 saturated heterocycles. The summed E-state index contributed by atoms with van der Waals surface area (Å²) in [5.74, 6) is -1.59. The molecule has 0 fully saturated rings. The molecular weight excluding hydrogens is 390 g/mol. The summed E-state index contributed by atoms with van der Waals surface area (Å²) >= 11 is 0. The van der Waals surface area contributed by atoms with Crippen LogP contribution in [-0.4, -0.2) is 38.0 Å². The lowest BCUT2D eigenvalue weighted by Crippen LogP contribution is -2.14. The monoisotopic (exact) mass is 403 g/mol. The number of ketones is 1. The molecule has 1 heterocycles. The fraction of sp³-hybridized carbons (Fsp3) is 0.111. The van der Waals surface area contributed by atoms with Gasteiger partial charge in [-0.15, -0.1) is 0 Å². The van der Waals surface area contributed by atoms with Gasteiger partial charge in [-0.05, 0) is 24.3 Å². The Hall–Kier alpha value is -3.53. The highest BCUT2D eigenvalue weighted by atomic mass is 32.2. The van der Waals surface area contributed by atoms with Crippen LogP contribution in [0.1, 0.15) is 20.9 Å². The topological polar surface area (TPSA) is 134 Å². The number of nitro benzene ring substituents is 1. The molecule has 0 aliphatic heterocycles. The molecule has 3 aromatic rings. The Morgan fingerprint density at radius 2 is 1.86 bits per heavy atom. The molecule has 0 bridgehead atoms. The van der Waals surface area contributed by atoms with Crippen molar-refractivity contribution in [2.24, 2.45) is 0 Å². The van der Waals surface area contributed by atoms with E-state index in [9.17, 15) is 28.1 Å². The number of furan rings is 1. The molecule has 28 heavy (non-hydrogen) atoms. The molecule has 1 aromatic heterocycles. The third-order valence-corrected chi connectivity index (χ3v) is 4.97. The minimum atomic E-state index is -3.86. The maximum absolute atomic E-state index is 12.2.